The fourth-order valence-corrected chi connectivity index (χ4v) is 2.96. The number of isocyanates is 1. The van der Waals surface area contributed by atoms with Gasteiger partial charge in [0.05, 0.1) is 6.61 Å². The van der Waals surface area contributed by atoms with Gasteiger partial charge in [0.25, 0.3) is 0 Å². The van der Waals surface area contributed by atoms with Gasteiger partial charge in [-0.25, -0.2) is 4.79 Å². The van der Waals surface area contributed by atoms with E-state index < -0.39 is 0 Å². The molecule has 0 heterocycles. The maximum absolute atomic E-state index is 10.8. The highest BCUT2D eigenvalue weighted by Gasteiger charge is 2.38. The van der Waals surface area contributed by atoms with E-state index in [-0.39, 0.29) is 5.54 Å². The number of benzene rings is 1. The molecular weight excluding hydrogens is 238 g/mol. The quantitative estimate of drug-likeness (QED) is 0.597. The Kier molecular flexibility index (Phi) is 3.39. The zero-order chi connectivity index (χ0) is 13.1. The molecule has 3 nitrogen and oxygen atoms in total. The largest absolute Gasteiger partial charge is 0.493 e. The van der Waals surface area contributed by atoms with Gasteiger partial charge >= 0.3 is 0 Å². The van der Waals surface area contributed by atoms with Crippen LogP contribution in [0.15, 0.2) is 29.3 Å². The van der Waals surface area contributed by atoms with Crippen LogP contribution in [0.1, 0.15) is 44.1 Å². The van der Waals surface area contributed by atoms with Crippen molar-refractivity contribution in [2.75, 3.05) is 6.61 Å². The van der Waals surface area contributed by atoms with Crippen molar-refractivity contribution in [3.63, 3.8) is 0 Å². The molecule has 0 aromatic heterocycles. The van der Waals surface area contributed by atoms with Crippen molar-refractivity contribution < 1.29 is 9.53 Å². The normalized spacial score (nSPS) is 20.8. The standard InChI is InChI=1S/C16H19NO2/c18-12-17-16(9-3-4-10-16)14-5-1-2-6-15(14)19-11-13-7-8-13/h1-2,5-6,13H,3-4,7-11H2. The molecule has 19 heavy (non-hydrogen) atoms. The molecule has 3 rings (SSSR count). The Hall–Kier alpha value is -1.60. The predicted molar refractivity (Wildman–Crippen MR) is 72.9 cm³/mol. The van der Waals surface area contributed by atoms with Crippen molar-refractivity contribution in [2.24, 2.45) is 10.9 Å². The maximum Gasteiger partial charge on any atom is 0.235 e. The van der Waals surface area contributed by atoms with E-state index in [9.17, 15) is 4.79 Å². The summed E-state index contributed by atoms with van der Waals surface area (Å²) in [5.41, 5.74) is 0.679. The summed E-state index contributed by atoms with van der Waals surface area (Å²) in [6, 6.07) is 8.03. The van der Waals surface area contributed by atoms with E-state index in [4.69, 9.17) is 4.74 Å². The van der Waals surface area contributed by atoms with Gasteiger partial charge < -0.3 is 4.74 Å². The third kappa shape index (κ3) is 2.57. The van der Waals surface area contributed by atoms with Gasteiger partial charge in [-0.3, -0.25) is 0 Å². The van der Waals surface area contributed by atoms with Crippen LogP contribution in [0.2, 0.25) is 0 Å². The second-order valence-electron chi connectivity index (χ2n) is 5.69. The fourth-order valence-electron chi connectivity index (χ4n) is 2.96. The number of para-hydroxylation sites is 1. The Bertz CT molecular complexity index is 495. The second-order valence-corrected chi connectivity index (χ2v) is 5.69. The van der Waals surface area contributed by atoms with Gasteiger partial charge in [-0.2, -0.15) is 4.99 Å². The minimum atomic E-state index is -0.387. The minimum absolute atomic E-state index is 0.387. The highest BCUT2D eigenvalue weighted by atomic mass is 16.5. The summed E-state index contributed by atoms with van der Waals surface area (Å²) >= 11 is 0. The SMILES string of the molecule is O=C=NC1(c2ccccc2OCC2CC2)CCCC1. The molecule has 0 unspecified atom stereocenters. The molecule has 2 saturated carbocycles. The Balaban J connectivity index is 1.90. The van der Waals surface area contributed by atoms with Crippen molar-refractivity contribution >= 4 is 6.08 Å². The molecule has 2 fully saturated rings. The predicted octanol–water partition coefficient (Wildman–Crippen LogP) is 3.58. The summed E-state index contributed by atoms with van der Waals surface area (Å²) in [4.78, 5) is 14.9. The van der Waals surface area contributed by atoms with E-state index in [2.05, 4.69) is 4.99 Å². The molecule has 2 aliphatic rings. The van der Waals surface area contributed by atoms with Crippen LogP contribution in [-0.2, 0) is 10.3 Å². The van der Waals surface area contributed by atoms with Gasteiger partial charge in [0.1, 0.15) is 11.3 Å². The lowest BCUT2D eigenvalue weighted by Gasteiger charge is -2.25. The lowest BCUT2D eigenvalue weighted by Crippen LogP contribution is -2.20. The number of carbonyl (C=O) groups excluding carboxylic acids is 1. The van der Waals surface area contributed by atoms with E-state index in [1.807, 2.05) is 24.3 Å². The zero-order valence-corrected chi connectivity index (χ0v) is 11.1. The summed E-state index contributed by atoms with van der Waals surface area (Å²) in [6.07, 6.45) is 8.40. The molecule has 0 amide bonds. The molecular formula is C16H19NO2. The Morgan fingerprint density at radius 1 is 1.26 bits per heavy atom. The fraction of sp³-hybridized carbons (Fsp3) is 0.562. The molecule has 0 saturated heterocycles. The van der Waals surface area contributed by atoms with Crippen LogP contribution < -0.4 is 4.74 Å². The topological polar surface area (TPSA) is 38.7 Å². The Morgan fingerprint density at radius 3 is 2.68 bits per heavy atom. The van der Waals surface area contributed by atoms with Gasteiger partial charge in [0, 0.05) is 5.56 Å². The molecule has 0 bridgehead atoms. The smallest absolute Gasteiger partial charge is 0.235 e. The van der Waals surface area contributed by atoms with Crippen molar-refractivity contribution in [2.45, 2.75) is 44.1 Å². The van der Waals surface area contributed by atoms with Gasteiger partial charge in [0.2, 0.25) is 6.08 Å². The first kappa shape index (κ1) is 12.4. The summed E-state index contributed by atoms with van der Waals surface area (Å²) in [6.45, 7) is 0.790. The highest BCUT2D eigenvalue weighted by molar-refractivity contribution is 5.44. The lowest BCUT2D eigenvalue weighted by atomic mass is 9.88. The number of nitrogens with zero attached hydrogens (tertiary/aromatic N) is 1. The molecule has 1 aromatic rings. The van der Waals surface area contributed by atoms with Crippen LogP contribution in [0.25, 0.3) is 0 Å². The molecule has 0 atom stereocenters. The van der Waals surface area contributed by atoms with E-state index >= 15 is 0 Å². The van der Waals surface area contributed by atoms with Crippen LogP contribution in [0.3, 0.4) is 0 Å². The number of rotatable bonds is 5. The second kappa shape index (κ2) is 5.18. The van der Waals surface area contributed by atoms with E-state index in [1.165, 1.54) is 12.8 Å². The molecule has 2 aliphatic carbocycles. The Morgan fingerprint density at radius 2 is 2.00 bits per heavy atom. The molecule has 0 aliphatic heterocycles. The molecule has 0 spiro atoms. The van der Waals surface area contributed by atoms with E-state index in [0.717, 1.165) is 49.5 Å². The summed E-state index contributed by atoms with van der Waals surface area (Å²) in [5, 5.41) is 0. The molecule has 1 aromatic carbocycles. The zero-order valence-electron chi connectivity index (χ0n) is 11.1. The van der Waals surface area contributed by atoms with E-state index in [1.54, 1.807) is 6.08 Å². The van der Waals surface area contributed by atoms with Crippen LogP contribution in [0, 0.1) is 5.92 Å². The first-order valence-corrected chi connectivity index (χ1v) is 7.15. The summed E-state index contributed by atoms with van der Waals surface area (Å²) < 4.78 is 5.96. The van der Waals surface area contributed by atoms with E-state index in [0.29, 0.717) is 0 Å². The maximum atomic E-state index is 10.8. The van der Waals surface area contributed by atoms with Crippen molar-refractivity contribution in [1.29, 1.82) is 0 Å². The third-order valence-corrected chi connectivity index (χ3v) is 4.25. The summed E-state index contributed by atoms with van der Waals surface area (Å²) in [7, 11) is 0. The monoisotopic (exact) mass is 257 g/mol. The number of hydrogen-bond acceptors (Lipinski definition) is 3. The highest BCUT2D eigenvalue weighted by Crippen LogP contribution is 2.45. The number of aliphatic imine (C=N–C) groups is 1. The molecule has 0 radical (unpaired) electrons. The van der Waals surface area contributed by atoms with Crippen molar-refractivity contribution in [1.82, 2.24) is 0 Å². The van der Waals surface area contributed by atoms with Gasteiger partial charge in [-0.15, -0.1) is 0 Å². The van der Waals surface area contributed by atoms with Crippen molar-refractivity contribution in [3.05, 3.63) is 29.8 Å². The molecule has 3 heteroatoms. The van der Waals surface area contributed by atoms with Crippen LogP contribution in [0.5, 0.6) is 5.75 Å². The molecule has 100 valence electrons. The van der Waals surface area contributed by atoms with Crippen LogP contribution in [-0.4, -0.2) is 12.7 Å². The van der Waals surface area contributed by atoms with Gasteiger partial charge in [0.15, 0.2) is 0 Å². The van der Waals surface area contributed by atoms with Crippen LogP contribution in [0.4, 0.5) is 0 Å². The van der Waals surface area contributed by atoms with Gasteiger partial charge in [-0.1, -0.05) is 31.0 Å². The van der Waals surface area contributed by atoms with Crippen molar-refractivity contribution in [3.8, 4) is 5.75 Å². The van der Waals surface area contributed by atoms with Crippen LogP contribution >= 0.6 is 0 Å². The summed E-state index contributed by atoms with van der Waals surface area (Å²) in [5.74, 6) is 1.62. The lowest BCUT2D eigenvalue weighted by molar-refractivity contribution is 0.288. The average Bonchev–Trinajstić information content (AvgIpc) is 3.16. The third-order valence-electron chi connectivity index (χ3n) is 4.25. The number of hydrogen-bond donors (Lipinski definition) is 0. The first-order valence-electron chi connectivity index (χ1n) is 7.15. The Labute approximate surface area is 113 Å². The number of ether oxygens (including phenoxy) is 1. The molecule has 0 N–H and O–H groups in total. The average molecular weight is 257 g/mol. The first-order chi connectivity index (χ1) is 9.34. The minimum Gasteiger partial charge on any atom is -0.493 e. The van der Waals surface area contributed by atoms with Gasteiger partial charge in [-0.05, 0) is 37.7 Å².